The van der Waals surface area contributed by atoms with Crippen LogP contribution in [0.1, 0.15) is 48.0 Å². The Kier molecular flexibility index (Phi) is 4.98. The van der Waals surface area contributed by atoms with E-state index in [0.717, 1.165) is 0 Å². The number of rotatable bonds is 4. The largest absolute Gasteiger partial charge is 0.396 e. The van der Waals surface area contributed by atoms with Crippen LogP contribution >= 0.6 is 0 Å². The maximum Gasteiger partial charge on any atom is 0.216 e. The number of hydrogen-bond acceptors (Lipinski definition) is 3. The molecule has 0 saturated carbocycles. The van der Waals surface area contributed by atoms with Crippen LogP contribution in [0.2, 0.25) is 0 Å². The second-order valence-electron chi connectivity index (χ2n) is 6.16. The lowest BCUT2D eigenvalue weighted by Crippen LogP contribution is -2.49. The van der Waals surface area contributed by atoms with Gasteiger partial charge >= 0.3 is 0 Å². The quantitative estimate of drug-likeness (QED) is 0.796. The van der Waals surface area contributed by atoms with Crippen molar-refractivity contribution in [2.75, 3.05) is 6.61 Å². The van der Waals surface area contributed by atoms with Gasteiger partial charge in [-0.15, -0.1) is 0 Å². The van der Waals surface area contributed by atoms with E-state index in [9.17, 15) is 8.42 Å². The number of sulfonamides is 1. The first-order valence-electron chi connectivity index (χ1n) is 5.54. The van der Waals surface area contributed by atoms with Crippen LogP contribution in [0.25, 0.3) is 0 Å². The van der Waals surface area contributed by atoms with Crippen LogP contribution in [0.4, 0.5) is 0 Å². The molecule has 0 spiro atoms. The Bertz CT molecular complexity index is 309. The Morgan fingerprint density at radius 1 is 1.12 bits per heavy atom. The lowest BCUT2D eigenvalue weighted by molar-refractivity contribution is 0.214. The van der Waals surface area contributed by atoms with E-state index in [0.29, 0.717) is 6.42 Å². The minimum atomic E-state index is -3.36. The average molecular weight is 251 g/mol. The summed E-state index contributed by atoms with van der Waals surface area (Å²) in [6.45, 7) is 10.8. The van der Waals surface area contributed by atoms with Crippen molar-refractivity contribution >= 4 is 10.0 Å². The van der Waals surface area contributed by atoms with Gasteiger partial charge in [0.15, 0.2) is 0 Å². The molecule has 0 heterocycles. The first kappa shape index (κ1) is 15.9. The van der Waals surface area contributed by atoms with Crippen molar-refractivity contribution in [3.63, 3.8) is 0 Å². The summed E-state index contributed by atoms with van der Waals surface area (Å²) < 4.78 is 25.8. The summed E-state index contributed by atoms with van der Waals surface area (Å²) in [6, 6.07) is -0.248. The molecule has 0 bridgehead atoms. The van der Waals surface area contributed by atoms with E-state index < -0.39 is 14.8 Å². The van der Waals surface area contributed by atoms with E-state index in [-0.39, 0.29) is 18.1 Å². The highest BCUT2D eigenvalue weighted by atomic mass is 32.2. The first-order valence-corrected chi connectivity index (χ1v) is 7.03. The van der Waals surface area contributed by atoms with Gasteiger partial charge in [0.05, 0.1) is 4.75 Å². The highest BCUT2D eigenvalue weighted by Crippen LogP contribution is 2.24. The normalized spacial score (nSPS) is 16.2. The SMILES string of the molecule is CC(C)(C)C(CCO)NS(=O)(=O)C(C)(C)C. The van der Waals surface area contributed by atoms with Crippen molar-refractivity contribution in [3.05, 3.63) is 0 Å². The molecule has 4 nitrogen and oxygen atoms in total. The summed E-state index contributed by atoms with van der Waals surface area (Å²) >= 11 is 0. The first-order chi connectivity index (χ1) is 6.92. The average Bonchev–Trinajstić information content (AvgIpc) is 1.99. The van der Waals surface area contributed by atoms with Gasteiger partial charge in [-0.05, 0) is 32.6 Å². The van der Waals surface area contributed by atoms with Gasteiger partial charge in [0.1, 0.15) is 0 Å². The third-order valence-corrected chi connectivity index (χ3v) is 4.77. The van der Waals surface area contributed by atoms with Gasteiger partial charge in [0.25, 0.3) is 0 Å². The van der Waals surface area contributed by atoms with E-state index in [1.165, 1.54) is 0 Å². The molecule has 1 unspecified atom stereocenters. The van der Waals surface area contributed by atoms with Gasteiger partial charge in [-0.2, -0.15) is 0 Å². The van der Waals surface area contributed by atoms with E-state index in [4.69, 9.17) is 5.11 Å². The Morgan fingerprint density at radius 3 is 1.81 bits per heavy atom. The molecule has 0 aliphatic heterocycles. The number of nitrogens with one attached hydrogen (secondary N) is 1. The molecule has 0 amide bonds. The van der Waals surface area contributed by atoms with Gasteiger partial charge in [-0.25, -0.2) is 13.1 Å². The fourth-order valence-electron chi connectivity index (χ4n) is 1.16. The minimum absolute atomic E-state index is 0.0192. The van der Waals surface area contributed by atoms with Crippen LogP contribution in [-0.2, 0) is 10.0 Å². The van der Waals surface area contributed by atoms with Gasteiger partial charge < -0.3 is 5.11 Å². The molecule has 0 aliphatic rings. The summed E-state index contributed by atoms with van der Waals surface area (Å²) in [5.74, 6) is 0. The molecule has 2 N–H and O–H groups in total. The third kappa shape index (κ3) is 4.39. The van der Waals surface area contributed by atoms with Crippen LogP contribution in [-0.4, -0.2) is 30.9 Å². The topological polar surface area (TPSA) is 66.4 Å². The number of aliphatic hydroxyl groups excluding tert-OH is 1. The molecule has 0 aromatic carbocycles. The molecule has 5 heteroatoms. The Labute approximate surface area is 99.5 Å². The van der Waals surface area contributed by atoms with Crippen molar-refractivity contribution in [2.45, 2.75) is 58.8 Å². The molecular formula is C11H25NO3S. The highest BCUT2D eigenvalue weighted by molar-refractivity contribution is 7.90. The standard InChI is InChI=1S/C11H25NO3S/c1-10(2,3)9(7-8-13)12-16(14,15)11(4,5)6/h9,12-13H,7-8H2,1-6H3. The molecule has 16 heavy (non-hydrogen) atoms. The third-order valence-electron chi connectivity index (χ3n) is 2.57. The molecule has 0 radical (unpaired) electrons. The molecule has 0 aliphatic carbocycles. The van der Waals surface area contributed by atoms with E-state index in [1.807, 2.05) is 20.8 Å². The smallest absolute Gasteiger partial charge is 0.216 e. The van der Waals surface area contributed by atoms with Crippen molar-refractivity contribution in [2.24, 2.45) is 5.41 Å². The van der Waals surface area contributed by atoms with Gasteiger partial charge in [-0.3, -0.25) is 0 Å². The zero-order chi connectivity index (χ0) is 13.2. The zero-order valence-electron chi connectivity index (χ0n) is 11.2. The van der Waals surface area contributed by atoms with Crippen molar-refractivity contribution < 1.29 is 13.5 Å². The highest BCUT2D eigenvalue weighted by Gasteiger charge is 2.34. The summed E-state index contributed by atoms with van der Waals surface area (Å²) in [7, 11) is -3.36. The molecule has 0 saturated heterocycles. The van der Waals surface area contributed by atoms with Crippen molar-refractivity contribution in [1.29, 1.82) is 0 Å². The van der Waals surface area contributed by atoms with Crippen LogP contribution < -0.4 is 4.72 Å². The molecular weight excluding hydrogens is 226 g/mol. The minimum Gasteiger partial charge on any atom is -0.396 e. The summed E-state index contributed by atoms with van der Waals surface area (Å²) in [5, 5.41) is 8.96. The Hall–Kier alpha value is -0.130. The Balaban J connectivity index is 4.92. The van der Waals surface area contributed by atoms with Crippen LogP contribution in [0.5, 0.6) is 0 Å². The van der Waals surface area contributed by atoms with E-state index in [2.05, 4.69) is 4.72 Å². The van der Waals surface area contributed by atoms with Crippen molar-refractivity contribution in [3.8, 4) is 0 Å². The van der Waals surface area contributed by atoms with Gasteiger partial charge in [0, 0.05) is 12.6 Å². The predicted molar refractivity (Wildman–Crippen MR) is 66.8 cm³/mol. The lowest BCUT2D eigenvalue weighted by atomic mass is 9.86. The fourth-order valence-corrected chi connectivity index (χ4v) is 2.36. The summed E-state index contributed by atoms with van der Waals surface area (Å²) in [6.07, 6.45) is 0.429. The molecule has 0 rings (SSSR count). The van der Waals surface area contributed by atoms with Gasteiger partial charge in [-0.1, -0.05) is 20.8 Å². The molecule has 0 aromatic rings. The predicted octanol–water partition coefficient (Wildman–Crippen LogP) is 1.50. The molecule has 0 fully saturated rings. The van der Waals surface area contributed by atoms with E-state index >= 15 is 0 Å². The van der Waals surface area contributed by atoms with Gasteiger partial charge in [0.2, 0.25) is 10.0 Å². The fraction of sp³-hybridized carbons (Fsp3) is 1.00. The van der Waals surface area contributed by atoms with E-state index in [1.54, 1.807) is 20.8 Å². The van der Waals surface area contributed by atoms with Crippen LogP contribution in [0.15, 0.2) is 0 Å². The lowest BCUT2D eigenvalue weighted by Gasteiger charge is -2.33. The molecule has 1 atom stereocenters. The molecule has 0 aromatic heterocycles. The van der Waals surface area contributed by atoms with Crippen molar-refractivity contribution in [1.82, 2.24) is 4.72 Å². The maximum absolute atomic E-state index is 12.0. The second kappa shape index (κ2) is 5.02. The number of hydrogen-bond donors (Lipinski definition) is 2. The van der Waals surface area contributed by atoms with Crippen LogP contribution in [0, 0.1) is 5.41 Å². The maximum atomic E-state index is 12.0. The summed E-state index contributed by atoms with van der Waals surface area (Å²) in [5.41, 5.74) is -0.207. The zero-order valence-corrected chi connectivity index (χ0v) is 12.0. The molecule has 98 valence electrons. The monoisotopic (exact) mass is 251 g/mol. The Morgan fingerprint density at radius 2 is 1.56 bits per heavy atom. The van der Waals surface area contributed by atoms with Crippen LogP contribution in [0.3, 0.4) is 0 Å². The number of aliphatic hydroxyl groups is 1. The summed E-state index contributed by atoms with van der Waals surface area (Å²) in [4.78, 5) is 0. The second-order valence-corrected chi connectivity index (χ2v) is 8.63.